The molecule has 3 aromatic heterocycles. The highest BCUT2D eigenvalue weighted by molar-refractivity contribution is 7.93. The van der Waals surface area contributed by atoms with Crippen molar-refractivity contribution in [2.24, 2.45) is 5.92 Å². The van der Waals surface area contributed by atoms with E-state index in [0.29, 0.717) is 12.3 Å². The zero-order valence-electron chi connectivity index (χ0n) is 41.3. The predicted octanol–water partition coefficient (Wildman–Crippen LogP) is 6.55. The highest BCUT2D eigenvalue weighted by atomic mass is 35.5. The van der Waals surface area contributed by atoms with Crippen LogP contribution < -0.4 is 14.9 Å². The SMILES string of the molecule is CC(C)(C#Cc1ccc(-c2ccc(Cl)c3c(N(C(=O)NCCCC(O)(P(=O)(O)O)P(=O)(O)O)S(C)(=O)=O)nn(CC(F)(F)F)c23)c([C@H](Cc2cc(F)cc(F)c2)NC(=O)Cn2nc(C(F)(F)F)c3c2C(F)(F)[C@@H]2C[C@H]32)n1)S(C)(=O)=O. The minimum Gasteiger partial charge on any atom is -0.368 e. The van der Waals surface area contributed by atoms with E-state index >= 15 is 8.78 Å². The van der Waals surface area contributed by atoms with Crippen LogP contribution in [0.2, 0.25) is 5.02 Å². The zero-order chi connectivity index (χ0) is 60.1. The molecule has 7 rings (SSSR count). The Kier molecular flexibility index (Phi) is 16.2. The molecule has 3 amide bonds. The van der Waals surface area contributed by atoms with Gasteiger partial charge in [-0.1, -0.05) is 23.6 Å². The largest absolute Gasteiger partial charge is 0.435 e. The van der Waals surface area contributed by atoms with Gasteiger partial charge in [0.1, 0.15) is 40.9 Å². The summed E-state index contributed by atoms with van der Waals surface area (Å²) in [6, 6.07) is 2.29. The Hall–Kier alpha value is -5.68. The van der Waals surface area contributed by atoms with Gasteiger partial charge in [0.2, 0.25) is 15.9 Å². The van der Waals surface area contributed by atoms with Crippen molar-refractivity contribution in [2.45, 2.75) is 92.7 Å². The van der Waals surface area contributed by atoms with E-state index in [1.807, 2.05) is 5.32 Å². The molecule has 1 saturated carbocycles. The number of carbonyl (C=O) groups is 2. The van der Waals surface area contributed by atoms with E-state index in [9.17, 15) is 95.4 Å². The van der Waals surface area contributed by atoms with Gasteiger partial charge in [0, 0.05) is 47.9 Å². The van der Waals surface area contributed by atoms with E-state index in [2.05, 4.69) is 32.3 Å². The number of nitrogens with zero attached hydrogens (tertiary/aromatic N) is 6. The lowest BCUT2D eigenvalue weighted by molar-refractivity contribution is -0.143. The molecule has 1 fully saturated rings. The third kappa shape index (κ3) is 12.4. The molecule has 0 saturated heterocycles. The second kappa shape index (κ2) is 20.9. The topological polar surface area (TPSA) is 314 Å². The molecule has 36 heteroatoms. The number of aromatic nitrogens is 5. The number of sulfone groups is 1. The average molecular weight is 1240 g/mol. The van der Waals surface area contributed by atoms with E-state index in [4.69, 9.17) is 11.6 Å². The molecule has 2 aromatic carbocycles. The number of alkyl halides is 8. The lowest BCUT2D eigenvalue weighted by Gasteiger charge is -2.29. The first kappa shape index (κ1) is 61.9. The fourth-order valence-electron chi connectivity index (χ4n) is 8.86. The van der Waals surface area contributed by atoms with Crippen molar-refractivity contribution in [3.63, 3.8) is 0 Å². The summed E-state index contributed by atoms with van der Waals surface area (Å²) in [4.78, 5) is 70.4. The number of rotatable bonds is 17. The van der Waals surface area contributed by atoms with Crippen molar-refractivity contribution in [3.8, 4) is 23.0 Å². The van der Waals surface area contributed by atoms with Crippen molar-refractivity contribution < 1.29 is 104 Å². The van der Waals surface area contributed by atoms with Gasteiger partial charge in [-0.2, -0.15) is 49.6 Å². The van der Waals surface area contributed by atoms with Gasteiger partial charge in [-0.05, 0) is 80.8 Å². The van der Waals surface area contributed by atoms with E-state index in [0.717, 1.165) is 42.7 Å². The van der Waals surface area contributed by atoms with Crippen molar-refractivity contribution >= 4 is 75.3 Å². The highest BCUT2D eigenvalue weighted by Gasteiger charge is 2.68. The maximum Gasteiger partial charge on any atom is 0.435 e. The van der Waals surface area contributed by atoms with E-state index < -0.39 is 205 Å². The van der Waals surface area contributed by atoms with Gasteiger partial charge in [0.15, 0.2) is 21.3 Å². The van der Waals surface area contributed by atoms with Crippen LogP contribution in [-0.4, -0.2) is 113 Å². The third-order valence-electron chi connectivity index (χ3n) is 12.9. The monoisotopic (exact) mass is 1240 g/mol. The summed E-state index contributed by atoms with van der Waals surface area (Å²) >= 11 is 6.59. The standard InChI is InChI=1S/C44H43ClF10N8O13P2S2/c1-40(2,79(3,73)74)12-10-24-6-7-25(34(57-24)30(16-21-14-22(46)17-23(47)15-21)58-31(64)19-61-37-32(36(59-61)44(53,54)55)27-18-28(27)43(37,51)52)26-8-9-29(45)33-35(26)62(20-41(48,49)50)60-38(33)63(80(4,75)76)39(65)56-13-5-11-42(66,77(67,68)69)78(70,71)72/h6-9,14-15,17,27-28,30,66H,5,11,13,16,18-20H2,1-4H3,(H,56,65)(H,58,64)(H2,67,68,69)(H2,70,71,72)/t27-,28+,30-/m0/s1. The maximum atomic E-state index is 15.6. The fourth-order valence-corrected chi connectivity index (χ4v) is 12.4. The Balaban J connectivity index is 1.43. The average Bonchev–Trinajstić information content (AvgIpc) is 3.80. The van der Waals surface area contributed by atoms with E-state index in [-0.39, 0.29) is 25.7 Å². The summed E-state index contributed by atoms with van der Waals surface area (Å²) < 4.78 is 222. The first-order valence-corrected chi connectivity index (χ1v) is 30.1. The molecule has 21 nitrogen and oxygen atoms in total. The lowest BCUT2D eigenvalue weighted by atomic mass is 9.93. The number of halogens is 11. The summed E-state index contributed by atoms with van der Waals surface area (Å²) in [5.74, 6) is -6.72. The molecule has 2 aliphatic carbocycles. The molecule has 0 bridgehead atoms. The summed E-state index contributed by atoms with van der Waals surface area (Å²) in [6.07, 6.45) is -12.8. The molecule has 0 unspecified atom stereocenters. The molecule has 3 heterocycles. The fraction of sp³-hybridized carbons (Fsp3) is 0.432. The van der Waals surface area contributed by atoms with Gasteiger partial charge in [0.05, 0.1) is 33.9 Å². The van der Waals surface area contributed by atoms with Crippen LogP contribution in [-0.2, 0) is 65.4 Å². The number of nitrogens with one attached hydrogen (secondary N) is 2. The van der Waals surface area contributed by atoms with Crippen molar-refractivity contribution in [1.82, 2.24) is 35.2 Å². The van der Waals surface area contributed by atoms with Crippen molar-refractivity contribution in [2.75, 3.05) is 23.4 Å². The number of pyridine rings is 1. The van der Waals surface area contributed by atoms with Crippen LogP contribution in [0.25, 0.3) is 22.0 Å². The molecule has 80 heavy (non-hydrogen) atoms. The van der Waals surface area contributed by atoms with E-state index in [1.54, 1.807) is 0 Å². The maximum absolute atomic E-state index is 15.6. The molecule has 2 aliphatic rings. The number of sulfonamides is 1. The van der Waals surface area contributed by atoms with Crippen LogP contribution in [0, 0.1) is 29.4 Å². The number of carbonyl (C=O) groups excluding carboxylic acids is 2. The molecular formula is C44H43ClF10N8O13P2S2. The van der Waals surface area contributed by atoms with Gasteiger partial charge in [-0.15, -0.1) is 0 Å². The number of amides is 3. The van der Waals surface area contributed by atoms with Gasteiger partial charge in [0.25, 0.3) is 11.0 Å². The number of hydrogen-bond donors (Lipinski definition) is 7. The summed E-state index contributed by atoms with van der Waals surface area (Å²) in [6.45, 7) is -2.08. The third-order valence-corrected chi connectivity index (χ3v) is 20.1. The minimum atomic E-state index is -6.02. The minimum absolute atomic E-state index is 0.112. The van der Waals surface area contributed by atoms with Crippen molar-refractivity contribution in [3.05, 3.63) is 93.0 Å². The Morgan fingerprint density at radius 1 is 0.925 bits per heavy atom. The normalized spacial score (nSPS) is 17.1. The smallest absolute Gasteiger partial charge is 0.368 e. The number of urea groups is 1. The summed E-state index contributed by atoms with van der Waals surface area (Å²) in [5.41, 5.74) is -6.75. The summed E-state index contributed by atoms with van der Waals surface area (Å²) in [5, 5.41) is 16.3. The Labute approximate surface area is 451 Å². The molecule has 5 aromatic rings. The molecule has 0 radical (unpaired) electrons. The Morgan fingerprint density at radius 3 is 2.08 bits per heavy atom. The molecular weight excluding hydrogens is 1200 g/mol. The summed E-state index contributed by atoms with van der Waals surface area (Å²) in [7, 11) is -21.1. The molecule has 0 spiro atoms. The van der Waals surface area contributed by atoms with Crippen LogP contribution in [0.15, 0.2) is 42.5 Å². The van der Waals surface area contributed by atoms with Crippen LogP contribution in [0.1, 0.15) is 79.0 Å². The number of benzene rings is 2. The van der Waals surface area contributed by atoms with Gasteiger partial charge in [-0.3, -0.25) is 23.3 Å². The Bertz CT molecular complexity index is 3720. The number of hydrogen-bond acceptors (Lipinski definition) is 12. The number of fused-ring (bicyclic) bond motifs is 4. The molecule has 0 aliphatic heterocycles. The predicted molar refractivity (Wildman–Crippen MR) is 262 cm³/mol. The quantitative estimate of drug-likeness (QED) is 0.0225. The van der Waals surface area contributed by atoms with Gasteiger partial charge in [-0.25, -0.2) is 35.4 Å². The zero-order valence-corrected chi connectivity index (χ0v) is 45.5. The van der Waals surface area contributed by atoms with E-state index in [1.165, 1.54) is 13.8 Å². The van der Waals surface area contributed by atoms with Crippen LogP contribution in [0.4, 0.5) is 54.5 Å². The van der Waals surface area contributed by atoms with Crippen molar-refractivity contribution in [1.29, 1.82) is 0 Å². The first-order chi connectivity index (χ1) is 36.4. The Morgan fingerprint density at radius 2 is 1.52 bits per heavy atom. The van der Waals surface area contributed by atoms with Gasteiger partial charge < -0.3 is 35.3 Å². The van der Waals surface area contributed by atoms with Crippen LogP contribution in [0.3, 0.4) is 0 Å². The number of aliphatic hydroxyl groups is 1. The highest BCUT2D eigenvalue weighted by Crippen LogP contribution is 2.70. The molecule has 3 atom stereocenters. The lowest BCUT2D eigenvalue weighted by Crippen LogP contribution is -2.44. The van der Waals surface area contributed by atoms with Crippen LogP contribution >= 0.6 is 26.8 Å². The van der Waals surface area contributed by atoms with Gasteiger partial charge >= 0.3 is 33.6 Å². The number of anilines is 1. The molecule has 7 N–H and O–H groups in total. The molecule has 436 valence electrons. The second-order valence-electron chi connectivity index (χ2n) is 19.2. The van der Waals surface area contributed by atoms with Crippen LogP contribution in [0.5, 0.6) is 0 Å². The first-order valence-electron chi connectivity index (χ1n) is 22.8. The second-order valence-corrected chi connectivity index (χ2v) is 28.1.